The smallest absolute Gasteiger partial charge is 0.369 e. The van der Waals surface area contributed by atoms with E-state index in [4.69, 9.17) is 11.6 Å². The van der Waals surface area contributed by atoms with Crippen LogP contribution in [-0.2, 0) is 11.0 Å². The van der Waals surface area contributed by atoms with E-state index in [9.17, 15) is 22.8 Å². The quantitative estimate of drug-likeness (QED) is 0.462. The number of Topliss-reactive ketones (excluding diaryl/α,β-unsaturated/α-hetero) is 1. The van der Waals surface area contributed by atoms with Gasteiger partial charge in [0.15, 0.2) is 5.78 Å². The van der Waals surface area contributed by atoms with Crippen molar-refractivity contribution in [1.82, 2.24) is 9.97 Å². The van der Waals surface area contributed by atoms with Gasteiger partial charge in [-0.3, -0.25) is 9.59 Å². The minimum Gasteiger partial charge on any atom is -0.369 e. The Labute approximate surface area is 170 Å². The third-order valence-electron chi connectivity index (χ3n) is 3.91. The van der Waals surface area contributed by atoms with E-state index in [0.29, 0.717) is 42.7 Å². The number of hydrogen-bond acceptors (Lipinski definition) is 5. The summed E-state index contributed by atoms with van der Waals surface area (Å²) in [6, 6.07) is 3.95. The number of halogens is 4. The van der Waals surface area contributed by atoms with Gasteiger partial charge in [-0.15, -0.1) is 0 Å². The summed E-state index contributed by atoms with van der Waals surface area (Å²) in [6.07, 6.45) is -2.91. The normalized spacial score (nSPS) is 11.2. The minimum absolute atomic E-state index is 0.122. The third-order valence-corrected chi connectivity index (χ3v) is 4.19. The molecule has 0 atom stereocenters. The number of ketones is 1. The lowest BCUT2D eigenvalue weighted by Gasteiger charge is -2.11. The summed E-state index contributed by atoms with van der Waals surface area (Å²) in [5.74, 6) is 0.0953. The minimum atomic E-state index is -4.51. The van der Waals surface area contributed by atoms with E-state index in [1.807, 2.05) is 0 Å². The van der Waals surface area contributed by atoms with Gasteiger partial charge in [0.2, 0.25) is 5.91 Å². The lowest BCUT2D eigenvalue weighted by atomic mass is 10.1. The first kappa shape index (κ1) is 22.6. The maximum Gasteiger partial charge on any atom is 0.417 e. The number of pyridine rings is 2. The first-order valence-corrected chi connectivity index (χ1v) is 9.26. The van der Waals surface area contributed by atoms with E-state index >= 15 is 0 Å². The molecule has 0 aliphatic carbocycles. The second kappa shape index (κ2) is 9.69. The monoisotopic (exact) mass is 428 g/mol. The van der Waals surface area contributed by atoms with Gasteiger partial charge in [0, 0.05) is 36.8 Å². The summed E-state index contributed by atoms with van der Waals surface area (Å²) in [4.78, 5) is 31.8. The predicted molar refractivity (Wildman–Crippen MR) is 104 cm³/mol. The molecule has 2 aromatic rings. The molecule has 0 radical (unpaired) electrons. The van der Waals surface area contributed by atoms with Crippen LogP contribution >= 0.6 is 11.6 Å². The lowest BCUT2D eigenvalue weighted by molar-refractivity contribution is -0.137. The number of rotatable bonds is 8. The molecule has 0 saturated carbocycles. The van der Waals surface area contributed by atoms with Crippen molar-refractivity contribution in [2.45, 2.75) is 39.3 Å². The Morgan fingerprint density at radius 2 is 1.93 bits per heavy atom. The summed E-state index contributed by atoms with van der Waals surface area (Å²) in [6.45, 7) is 3.73. The van der Waals surface area contributed by atoms with Gasteiger partial charge in [-0.2, -0.15) is 13.2 Å². The zero-order valence-corrected chi connectivity index (χ0v) is 16.6. The number of anilines is 2. The van der Waals surface area contributed by atoms with Crippen LogP contribution < -0.4 is 10.6 Å². The molecule has 0 saturated heterocycles. The molecular weight excluding hydrogens is 409 g/mol. The molecule has 29 heavy (non-hydrogen) atoms. The van der Waals surface area contributed by atoms with Gasteiger partial charge in [-0.1, -0.05) is 18.5 Å². The Balaban J connectivity index is 1.91. The third kappa shape index (κ3) is 6.70. The van der Waals surface area contributed by atoms with Gasteiger partial charge in [0.25, 0.3) is 0 Å². The maximum atomic E-state index is 12.6. The molecule has 2 heterocycles. The number of amides is 1. The average molecular weight is 429 g/mol. The Kier molecular flexibility index (Phi) is 7.55. The standard InChI is InChI=1S/C19H20ClF3N4O2/c1-3-17(29)27-16-8-12(7-11(2)26-16)15(28)5-4-6-24-18-14(20)9-13(10-25-18)19(21,22)23/h7-10H,3-6H2,1-2H3,(H,24,25)(H,26,27,29). The fourth-order valence-electron chi connectivity index (χ4n) is 2.45. The zero-order chi connectivity index (χ0) is 21.6. The van der Waals surface area contributed by atoms with E-state index in [0.717, 1.165) is 6.07 Å². The Morgan fingerprint density at radius 3 is 2.55 bits per heavy atom. The van der Waals surface area contributed by atoms with Gasteiger partial charge < -0.3 is 10.6 Å². The molecule has 1 amide bonds. The zero-order valence-electron chi connectivity index (χ0n) is 15.9. The van der Waals surface area contributed by atoms with Gasteiger partial charge in [0.1, 0.15) is 11.6 Å². The number of alkyl halides is 3. The molecule has 0 fully saturated rings. The molecule has 2 aromatic heterocycles. The summed E-state index contributed by atoms with van der Waals surface area (Å²) < 4.78 is 37.9. The molecule has 0 aliphatic rings. The lowest BCUT2D eigenvalue weighted by Crippen LogP contribution is -2.13. The van der Waals surface area contributed by atoms with E-state index < -0.39 is 11.7 Å². The second-order valence-electron chi connectivity index (χ2n) is 6.29. The SMILES string of the molecule is CCC(=O)Nc1cc(C(=O)CCCNc2ncc(C(F)(F)F)cc2Cl)cc(C)n1. The molecule has 0 aromatic carbocycles. The number of carbonyl (C=O) groups excluding carboxylic acids is 2. The maximum absolute atomic E-state index is 12.6. The van der Waals surface area contributed by atoms with Crippen LogP contribution in [0.4, 0.5) is 24.8 Å². The number of nitrogens with zero attached hydrogens (tertiary/aromatic N) is 2. The van der Waals surface area contributed by atoms with Crippen molar-refractivity contribution >= 4 is 34.9 Å². The number of aryl methyl sites for hydroxylation is 1. The summed E-state index contributed by atoms with van der Waals surface area (Å²) in [7, 11) is 0. The van der Waals surface area contributed by atoms with E-state index in [1.54, 1.807) is 19.9 Å². The van der Waals surface area contributed by atoms with E-state index in [1.165, 1.54) is 6.07 Å². The molecular formula is C19H20ClF3N4O2. The van der Waals surface area contributed by atoms with Crippen molar-refractivity contribution in [3.8, 4) is 0 Å². The Bertz CT molecular complexity index is 904. The molecule has 0 aliphatic heterocycles. The molecule has 6 nitrogen and oxygen atoms in total. The predicted octanol–water partition coefficient (Wildman–Crippen LogP) is 4.88. The summed E-state index contributed by atoms with van der Waals surface area (Å²) >= 11 is 5.83. The summed E-state index contributed by atoms with van der Waals surface area (Å²) in [5.41, 5.74) is 0.0953. The van der Waals surface area contributed by atoms with Gasteiger partial charge in [0.05, 0.1) is 10.6 Å². The van der Waals surface area contributed by atoms with Crippen molar-refractivity contribution < 1.29 is 22.8 Å². The number of carbonyl (C=O) groups is 2. The van der Waals surface area contributed by atoms with Crippen LogP contribution in [0.1, 0.15) is 47.8 Å². The van der Waals surface area contributed by atoms with Gasteiger partial charge >= 0.3 is 6.18 Å². The van der Waals surface area contributed by atoms with Crippen LogP contribution in [0, 0.1) is 6.92 Å². The van der Waals surface area contributed by atoms with Crippen LogP contribution in [-0.4, -0.2) is 28.2 Å². The van der Waals surface area contributed by atoms with Gasteiger partial charge in [-0.05, 0) is 31.5 Å². The molecule has 10 heteroatoms. The Hall–Kier alpha value is -2.68. The van der Waals surface area contributed by atoms with Crippen LogP contribution in [0.15, 0.2) is 24.4 Å². The topological polar surface area (TPSA) is 84.0 Å². The van der Waals surface area contributed by atoms with Crippen molar-refractivity contribution in [2.75, 3.05) is 17.2 Å². The van der Waals surface area contributed by atoms with E-state index in [-0.39, 0.29) is 29.0 Å². The Morgan fingerprint density at radius 1 is 1.21 bits per heavy atom. The molecule has 0 spiro atoms. The molecule has 0 bridgehead atoms. The van der Waals surface area contributed by atoms with E-state index in [2.05, 4.69) is 20.6 Å². The fraction of sp³-hybridized carbons (Fsp3) is 0.368. The average Bonchev–Trinajstić information content (AvgIpc) is 2.64. The highest BCUT2D eigenvalue weighted by Gasteiger charge is 2.31. The van der Waals surface area contributed by atoms with Gasteiger partial charge in [-0.25, -0.2) is 9.97 Å². The highest BCUT2D eigenvalue weighted by atomic mass is 35.5. The highest BCUT2D eigenvalue weighted by molar-refractivity contribution is 6.32. The molecule has 2 N–H and O–H groups in total. The van der Waals surface area contributed by atoms with Crippen LogP contribution in [0.3, 0.4) is 0 Å². The number of nitrogens with one attached hydrogen (secondary N) is 2. The molecule has 156 valence electrons. The van der Waals surface area contributed by atoms with Crippen LogP contribution in [0.25, 0.3) is 0 Å². The second-order valence-corrected chi connectivity index (χ2v) is 6.70. The highest BCUT2D eigenvalue weighted by Crippen LogP contribution is 2.32. The molecule has 2 rings (SSSR count). The first-order chi connectivity index (χ1) is 13.6. The first-order valence-electron chi connectivity index (χ1n) is 8.88. The van der Waals surface area contributed by atoms with Crippen molar-refractivity contribution in [3.63, 3.8) is 0 Å². The van der Waals surface area contributed by atoms with Crippen molar-refractivity contribution in [1.29, 1.82) is 0 Å². The number of hydrogen-bond donors (Lipinski definition) is 2. The fourth-order valence-corrected chi connectivity index (χ4v) is 2.68. The number of aromatic nitrogens is 2. The van der Waals surface area contributed by atoms with Crippen molar-refractivity contribution in [2.24, 2.45) is 0 Å². The molecule has 0 unspecified atom stereocenters. The van der Waals surface area contributed by atoms with Crippen LogP contribution in [0.5, 0.6) is 0 Å². The largest absolute Gasteiger partial charge is 0.417 e. The van der Waals surface area contributed by atoms with Crippen molar-refractivity contribution in [3.05, 3.63) is 46.2 Å². The van der Waals surface area contributed by atoms with Crippen LogP contribution in [0.2, 0.25) is 5.02 Å². The summed E-state index contributed by atoms with van der Waals surface area (Å²) in [5, 5.41) is 5.30.